The summed E-state index contributed by atoms with van der Waals surface area (Å²) in [5.41, 5.74) is 0. The Morgan fingerprint density at radius 3 is 2.80 bits per heavy atom. The maximum absolute atomic E-state index is 12.3. The molecule has 0 radical (unpaired) electrons. The van der Waals surface area contributed by atoms with Crippen molar-refractivity contribution in [2.45, 2.75) is 13.8 Å². The van der Waals surface area contributed by atoms with Gasteiger partial charge >= 0.3 is 0 Å². The van der Waals surface area contributed by atoms with Crippen molar-refractivity contribution >= 4 is 35.0 Å². The molecule has 6 nitrogen and oxygen atoms in total. The van der Waals surface area contributed by atoms with E-state index in [2.05, 4.69) is 20.2 Å². The van der Waals surface area contributed by atoms with Crippen LogP contribution in [0.25, 0.3) is 6.08 Å². The van der Waals surface area contributed by atoms with Crippen molar-refractivity contribution in [1.82, 2.24) is 14.9 Å². The molecule has 1 aliphatic rings. The Morgan fingerprint density at radius 1 is 1.32 bits per heavy atom. The highest BCUT2D eigenvalue weighted by atomic mass is 32.1. The van der Waals surface area contributed by atoms with Crippen molar-refractivity contribution in [1.29, 1.82) is 0 Å². The van der Waals surface area contributed by atoms with Crippen molar-refractivity contribution in [3.05, 3.63) is 40.4 Å². The lowest BCUT2D eigenvalue weighted by atomic mass is 10.3. The Balaban J connectivity index is 1.59. The van der Waals surface area contributed by atoms with E-state index < -0.39 is 0 Å². The van der Waals surface area contributed by atoms with Crippen molar-refractivity contribution < 1.29 is 4.79 Å². The summed E-state index contributed by atoms with van der Waals surface area (Å²) in [6, 6.07) is 5.97. The second-order valence-corrected chi connectivity index (χ2v) is 6.83. The van der Waals surface area contributed by atoms with Crippen LogP contribution in [-0.4, -0.2) is 53.5 Å². The average molecular weight is 357 g/mol. The van der Waals surface area contributed by atoms with Crippen LogP contribution in [0.15, 0.2) is 29.7 Å². The number of anilines is 2. The lowest BCUT2D eigenvalue weighted by Gasteiger charge is -2.35. The Hall–Kier alpha value is -2.41. The number of aromatic nitrogens is 2. The van der Waals surface area contributed by atoms with E-state index in [-0.39, 0.29) is 5.91 Å². The molecule has 0 spiro atoms. The highest BCUT2D eigenvalue weighted by Gasteiger charge is 2.21. The van der Waals surface area contributed by atoms with Crippen LogP contribution in [0.2, 0.25) is 0 Å². The van der Waals surface area contributed by atoms with Crippen molar-refractivity contribution in [3.8, 4) is 0 Å². The van der Waals surface area contributed by atoms with Crippen LogP contribution in [-0.2, 0) is 4.79 Å². The normalized spacial score (nSPS) is 15.0. The molecule has 2 aromatic heterocycles. The molecule has 0 atom stereocenters. The van der Waals surface area contributed by atoms with Gasteiger partial charge in [-0.2, -0.15) is 0 Å². The van der Waals surface area contributed by atoms with Gasteiger partial charge < -0.3 is 15.1 Å². The lowest BCUT2D eigenvalue weighted by Crippen LogP contribution is -2.48. The second-order valence-electron chi connectivity index (χ2n) is 5.85. The Labute approximate surface area is 152 Å². The highest BCUT2D eigenvalue weighted by molar-refractivity contribution is 7.10. The van der Waals surface area contributed by atoms with Crippen LogP contribution in [0.3, 0.4) is 0 Å². The zero-order valence-corrected chi connectivity index (χ0v) is 15.4. The minimum absolute atomic E-state index is 0.0697. The van der Waals surface area contributed by atoms with Crippen LogP contribution in [0.1, 0.15) is 17.6 Å². The first kappa shape index (κ1) is 17.4. The molecule has 0 aromatic carbocycles. The molecule has 0 aliphatic carbocycles. The minimum atomic E-state index is 0.0697. The molecule has 2 aromatic rings. The van der Waals surface area contributed by atoms with Crippen LogP contribution < -0.4 is 10.2 Å². The number of hydrogen-bond donors (Lipinski definition) is 1. The van der Waals surface area contributed by atoms with Gasteiger partial charge in [-0.1, -0.05) is 6.07 Å². The first-order valence-electron chi connectivity index (χ1n) is 8.50. The molecule has 25 heavy (non-hydrogen) atoms. The van der Waals surface area contributed by atoms with Gasteiger partial charge in [0.05, 0.1) is 0 Å². The average Bonchev–Trinajstić information content (AvgIpc) is 3.13. The highest BCUT2D eigenvalue weighted by Crippen LogP contribution is 2.18. The first-order chi connectivity index (χ1) is 12.2. The summed E-state index contributed by atoms with van der Waals surface area (Å²) in [5.74, 6) is 2.60. The third kappa shape index (κ3) is 4.57. The largest absolute Gasteiger partial charge is 0.370 e. The second kappa shape index (κ2) is 8.11. The summed E-state index contributed by atoms with van der Waals surface area (Å²) < 4.78 is 0. The van der Waals surface area contributed by atoms with Crippen molar-refractivity contribution in [3.63, 3.8) is 0 Å². The molecule has 3 rings (SSSR count). The predicted molar refractivity (Wildman–Crippen MR) is 103 cm³/mol. The molecule has 1 N–H and O–H groups in total. The number of aryl methyl sites for hydroxylation is 1. The fourth-order valence-corrected chi connectivity index (χ4v) is 3.40. The fourth-order valence-electron chi connectivity index (χ4n) is 2.79. The fraction of sp³-hybridized carbons (Fsp3) is 0.389. The molecular formula is C18H23N5OS. The van der Waals surface area contributed by atoms with Gasteiger partial charge in [0.25, 0.3) is 0 Å². The van der Waals surface area contributed by atoms with Gasteiger partial charge in [-0.25, -0.2) is 9.97 Å². The Bertz CT molecular complexity index is 736. The SMILES string of the molecule is CCNc1cc(N2CCN(C(=O)/C=C/c3cccs3)CC2)nc(C)n1. The van der Waals surface area contributed by atoms with Gasteiger partial charge in [0.15, 0.2) is 0 Å². The number of nitrogens with one attached hydrogen (secondary N) is 1. The number of thiophene rings is 1. The molecule has 1 saturated heterocycles. The third-order valence-corrected chi connectivity index (χ3v) is 4.87. The summed E-state index contributed by atoms with van der Waals surface area (Å²) in [6.07, 6.45) is 3.55. The number of piperazine rings is 1. The van der Waals surface area contributed by atoms with E-state index in [1.165, 1.54) is 0 Å². The van der Waals surface area contributed by atoms with E-state index in [1.807, 2.05) is 48.4 Å². The van der Waals surface area contributed by atoms with E-state index in [0.717, 1.165) is 42.0 Å². The molecule has 1 aliphatic heterocycles. The molecule has 0 unspecified atom stereocenters. The molecule has 7 heteroatoms. The van der Waals surface area contributed by atoms with E-state index in [1.54, 1.807) is 17.4 Å². The summed E-state index contributed by atoms with van der Waals surface area (Å²) >= 11 is 1.63. The summed E-state index contributed by atoms with van der Waals surface area (Å²) in [7, 11) is 0. The smallest absolute Gasteiger partial charge is 0.246 e. The molecule has 1 amide bonds. The van der Waals surface area contributed by atoms with E-state index in [4.69, 9.17) is 0 Å². The van der Waals surface area contributed by atoms with Crippen LogP contribution in [0.4, 0.5) is 11.6 Å². The maximum atomic E-state index is 12.3. The van der Waals surface area contributed by atoms with Gasteiger partial charge in [-0.15, -0.1) is 11.3 Å². The maximum Gasteiger partial charge on any atom is 0.246 e. The number of carbonyl (C=O) groups excluding carboxylic acids is 1. The van der Waals surface area contributed by atoms with Gasteiger partial charge in [0.2, 0.25) is 5.91 Å². The molecular weight excluding hydrogens is 334 g/mol. The first-order valence-corrected chi connectivity index (χ1v) is 9.38. The number of carbonyl (C=O) groups is 1. The van der Waals surface area contributed by atoms with Gasteiger partial charge in [0.1, 0.15) is 17.5 Å². The predicted octanol–water partition coefficient (Wildman–Crippen LogP) is 2.64. The number of nitrogens with zero attached hydrogens (tertiary/aromatic N) is 4. The standard InChI is InChI=1S/C18H23N5OS/c1-3-19-16-13-17(21-14(2)20-16)22-8-10-23(11-9-22)18(24)7-6-15-5-4-12-25-15/h4-7,12-13H,3,8-11H2,1-2H3,(H,19,20,21)/b7-6+. The molecule has 3 heterocycles. The van der Waals surface area contributed by atoms with Crippen LogP contribution in [0.5, 0.6) is 0 Å². The molecule has 0 bridgehead atoms. The van der Waals surface area contributed by atoms with Gasteiger partial charge in [0, 0.05) is 49.7 Å². The van der Waals surface area contributed by atoms with Crippen molar-refractivity contribution in [2.24, 2.45) is 0 Å². The summed E-state index contributed by atoms with van der Waals surface area (Å²) in [6.45, 7) is 7.74. The zero-order chi connectivity index (χ0) is 17.6. The van der Waals surface area contributed by atoms with Crippen molar-refractivity contribution in [2.75, 3.05) is 42.9 Å². The Morgan fingerprint density at radius 2 is 2.12 bits per heavy atom. The quantitative estimate of drug-likeness (QED) is 0.834. The van der Waals surface area contributed by atoms with E-state index >= 15 is 0 Å². The topological polar surface area (TPSA) is 61.4 Å². The third-order valence-electron chi connectivity index (χ3n) is 4.03. The van der Waals surface area contributed by atoms with Crippen LogP contribution in [0, 0.1) is 6.92 Å². The summed E-state index contributed by atoms with van der Waals surface area (Å²) in [5, 5.41) is 5.24. The van der Waals surface area contributed by atoms with E-state index in [9.17, 15) is 4.79 Å². The molecule has 132 valence electrons. The number of hydrogen-bond acceptors (Lipinski definition) is 6. The van der Waals surface area contributed by atoms with Gasteiger partial charge in [-0.05, 0) is 31.4 Å². The lowest BCUT2D eigenvalue weighted by molar-refractivity contribution is -0.126. The Kier molecular flexibility index (Phi) is 5.65. The number of amides is 1. The van der Waals surface area contributed by atoms with Crippen LogP contribution >= 0.6 is 11.3 Å². The molecule has 1 fully saturated rings. The van der Waals surface area contributed by atoms with Gasteiger partial charge in [-0.3, -0.25) is 4.79 Å². The monoisotopic (exact) mass is 357 g/mol. The molecule has 0 saturated carbocycles. The minimum Gasteiger partial charge on any atom is -0.370 e. The zero-order valence-electron chi connectivity index (χ0n) is 14.6. The summed E-state index contributed by atoms with van der Waals surface area (Å²) in [4.78, 5) is 26.4. The van der Waals surface area contributed by atoms with E-state index in [0.29, 0.717) is 13.1 Å². The number of rotatable bonds is 5.